The zero-order valence-corrected chi connectivity index (χ0v) is 15.9. The Morgan fingerprint density at radius 3 is 2.68 bits per heavy atom. The molecule has 0 radical (unpaired) electrons. The molecule has 1 aromatic rings. The summed E-state index contributed by atoms with van der Waals surface area (Å²) in [6.45, 7) is 2.43. The molecule has 1 aromatic carbocycles. The number of amides is 1. The predicted molar refractivity (Wildman–Crippen MR) is 98.3 cm³/mol. The fraction of sp³-hybridized carbons (Fsp3) is 0.600. The molecule has 2 atom stereocenters. The first-order valence-electron chi connectivity index (χ1n) is 9.77. The number of hydrogen-bond acceptors (Lipinski definition) is 7. The molecule has 8 heteroatoms. The van der Waals surface area contributed by atoms with E-state index in [9.17, 15) is 9.59 Å². The highest BCUT2D eigenvalue weighted by Gasteiger charge is 2.42. The van der Waals surface area contributed by atoms with E-state index in [1.807, 2.05) is 0 Å². The Morgan fingerprint density at radius 1 is 1.14 bits per heavy atom. The van der Waals surface area contributed by atoms with Gasteiger partial charge in [0.15, 0.2) is 23.7 Å². The Bertz CT molecular complexity index is 738. The molecule has 4 rings (SSSR count). The third-order valence-corrected chi connectivity index (χ3v) is 5.16. The molecule has 2 heterocycles. The highest BCUT2D eigenvalue weighted by atomic mass is 16.7. The second-order valence-corrected chi connectivity index (χ2v) is 7.34. The summed E-state index contributed by atoms with van der Waals surface area (Å²) in [5.74, 6) is -0.289. The Morgan fingerprint density at radius 2 is 1.93 bits per heavy atom. The third-order valence-electron chi connectivity index (χ3n) is 5.16. The van der Waals surface area contributed by atoms with E-state index >= 15 is 0 Å². The number of benzene rings is 1. The summed E-state index contributed by atoms with van der Waals surface area (Å²) in [6.07, 6.45) is 3.33. The number of carbonyl (C=O) groups excluding carboxylic acids is 2. The van der Waals surface area contributed by atoms with Crippen molar-refractivity contribution in [1.82, 2.24) is 0 Å². The molecule has 3 aliphatic rings. The van der Waals surface area contributed by atoms with Gasteiger partial charge in [-0.15, -0.1) is 0 Å². The minimum atomic E-state index is -0.965. The standard InChI is InChI=1S/C20H25NO7/c1-13(26-19(23)17-12-24-9-10-25-17)18(22)21-14-5-6-15-16(11-14)28-20(27-15)7-3-2-4-8-20/h5-6,11,13,17H,2-4,7-10,12H2,1H3,(H,21,22)/t13-,17+/m1/s1. The average molecular weight is 391 g/mol. The van der Waals surface area contributed by atoms with Crippen LogP contribution in [0, 0.1) is 0 Å². The molecule has 1 spiro atoms. The van der Waals surface area contributed by atoms with Gasteiger partial charge in [-0.2, -0.15) is 0 Å². The van der Waals surface area contributed by atoms with Crippen LogP contribution < -0.4 is 14.8 Å². The number of fused-ring (bicyclic) bond motifs is 1. The summed E-state index contributed by atoms with van der Waals surface area (Å²) in [5.41, 5.74) is 0.556. The average Bonchev–Trinajstić information content (AvgIpc) is 3.05. The largest absolute Gasteiger partial charge is 0.451 e. The van der Waals surface area contributed by atoms with Crippen molar-refractivity contribution in [2.24, 2.45) is 0 Å². The van der Waals surface area contributed by atoms with E-state index in [-0.39, 0.29) is 6.61 Å². The zero-order chi connectivity index (χ0) is 19.6. The van der Waals surface area contributed by atoms with Crippen molar-refractivity contribution in [2.45, 2.75) is 57.0 Å². The van der Waals surface area contributed by atoms with Crippen molar-refractivity contribution in [3.8, 4) is 11.5 Å². The molecular weight excluding hydrogens is 366 g/mol. The topological polar surface area (TPSA) is 92.3 Å². The highest BCUT2D eigenvalue weighted by Crippen LogP contribution is 2.46. The summed E-state index contributed by atoms with van der Waals surface area (Å²) in [4.78, 5) is 24.4. The first-order valence-corrected chi connectivity index (χ1v) is 9.77. The lowest BCUT2D eigenvalue weighted by Crippen LogP contribution is -2.40. The van der Waals surface area contributed by atoms with Gasteiger partial charge in [0.2, 0.25) is 0 Å². The van der Waals surface area contributed by atoms with Crippen LogP contribution in [0.2, 0.25) is 0 Å². The maximum absolute atomic E-state index is 12.4. The van der Waals surface area contributed by atoms with Crippen LogP contribution in [0.15, 0.2) is 18.2 Å². The maximum Gasteiger partial charge on any atom is 0.338 e. The number of carbonyl (C=O) groups is 2. The number of nitrogens with one attached hydrogen (secondary N) is 1. The lowest BCUT2D eigenvalue weighted by atomic mass is 9.94. The van der Waals surface area contributed by atoms with Crippen molar-refractivity contribution in [3.63, 3.8) is 0 Å². The normalized spacial score (nSPS) is 23.8. The number of esters is 1. The van der Waals surface area contributed by atoms with E-state index in [1.165, 1.54) is 13.3 Å². The molecule has 1 aliphatic carbocycles. The van der Waals surface area contributed by atoms with Gasteiger partial charge in [0.05, 0.1) is 19.8 Å². The molecule has 2 aliphatic heterocycles. The molecule has 28 heavy (non-hydrogen) atoms. The first-order chi connectivity index (χ1) is 13.5. The van der Waals surface area contributed by atoms with E-state index in [4.69, 9.17) is 23.7 Å². The van der Waals surface area contributed by atoms with E-state index in [0.717, 1.165) is 25.7 Å². The molecular formula is C20H25NO7. The molecule has 0 bridgehead atoms. The van der Waals surface area contributed by atoms with Gasteiger partial charge in [-0.1, -0.05) is 6.42 Å². The van der Waals surface area contributed by atoms with Gasteiger partial charge in [-0.3, -0.25) is 4.79 Å². The SMILES string of the molecule is C[C@@H](OC(=O)[C@@H]1COCCO1)C(=O)Nc1ccc2c(c1)OC1(CCCCC1)O2. The summed E-state index contributed by atoms with van der Waals surface area (Å²) >= 11 is 0. The number of rotatable bonds is 4. The van der Waals surface area contributed by atoms with E-state index in [1.54, 1.807) is 18.2 Å². The summed E-state index contributed by atoms with van der Waals surface area (Å²) < 4.78 is 27.8. The molecule has 0 aromatic heterocycles. The monoisotopic (exact) mass is 391 g/mol. The lowest BCUT2D eigenvalue weighted by Gasteiger charge is -2.31. The van der Waals surface area contributed by atoms with Crippen molar-refractivity contribution < 1.29 is 33.3 Å². The number of ether oxygens (including phenoxy) is 5. The van der Waals surface area contributed by atoms with Gasteiger partial charge in [0.25, 0.3) is 11.7 Å². The van der Waals surface area contributed by atoms with E-state index in [0.29, 0.717) is 30.4 Å². The van der Waals surface area contributed by atoms with Crippen molar-refractivity contribution in [2.75, 3.05) is 25.1 Å². The van der Waals surface area contributed by atoms with Crippen LogP contribution in [0.25, 0.3) is 0 Å². The van der Waals surface area contributed by atoms with Gasteiger partial charge in [0.1, 0.15) is 0 Å². The molecule has 8 nitrogen and oxygen atoms in total. The number of anilines is 1. The fourth-order valence-corrected chi connectivity index (χ4v) is 3.64. The second kappa shape index (κ2) is 7.97. The van der Waals surface area contributed by atoms with Crippen LogP contribution >= 0.6 is 0 Å². The highest BCUT2D eigenvalue weighted by molar-refractivity contribution is 5.95. The summed E-state index contributed by atoms with van der Waals surface area (Å²) in [5, 5.41) is 2.75. The Balaban J connectivity index is 1.34. The van der Waals surface area contributed by atoms with Gasteiger partial charge < -0.3 is 29.0 Å². The molecule has 0 unspecified atom stereocenters. The Labute approximate surface area is 163 Å². The lowest BCUT2D eigenvalue weighted by molar-refractivity contribution is -0.176. The van der Waals surface area contributed by atoms with Crippen molar-refractivity contribution in [3.05, 3.63) is 18.2 Å². The molecule has 1 amide bonds. The van der Waals surface area contributed by atoms with Crippen LogP contribution in [0.5, 0.6) is 11.5 Å². The number of hydrogen-bond donors (Lipinski definition) is 1. The van der Waals surface area contributed by atoms with Crippen LogP contribution in [0.4, 0.5) is 5.69 Å². The molecule has 1 saturated heterocycles. The van der Waals surface area contributed by atoms with Crippen LogP contribution in [-0.2, 0) is 23.8 Å². The van der Waals surface area contributed by atoms with Gasteiger partial charge in [-0.05, 0) is 31.9 Å². The quantitative estimate of drug-likeness (QED) is 0.788. The van der Waals surface area contributed by atoms with Gasteiger partial charge in [0, 0.05) is 24.6 Å². The third kappa shape index (κ3) is 4.07. The smallest absolute Gasteiger partial charge is 0.338 e. The maximum atomic E-state index is 12.4. The van der Waals surface area contributed by atoms with Crippen LogP contribution in [0.3, 0.4) is 0 Å². The van der Waals surface area contributed by atoms with Gasteiger partial charge in [-0.25, -0.2) is 4.79 Å². The minimum Gasteiger partial charge on any atom is -0.451 e. The molecule has 2 fully saturated rings. The Kier molecular flexibility index (Phi) is 5.41. The van der Waals surface area contributed by atoms with Gasteiger partial charge >= 0.3 is 5.97 Å². The molecule has 1 saturated carbocycles. The molecule has 1 N–H and O–H groups in total. The van der Waals surface area contributed by atoms with E-state index < -0.39 is 29.9 Å². The Hall–Kier alpha value is -2.32. The zero-order valence-electron chi connectivity index (χ0n) is 15.9. The van der Waals surface area contributed by atoms with Crippen LogP contribution in [0.1, 0.15) is 39.0 Å². The minimum absolute atomic E-state index is 0.136. The first kappa shape index (κ1) is 19.0. The van der Waals surface area contributed by atoms with E-state index in [2.05, 4.69) is 5.32 Å². The molecule has 152 valence electrons. The van der Waals surface area contributed by atoms with Crippen molar-refractivity contribution >= 4 is 17.6 Å². The van der Waals surface area contributed by atoms with Crippen molar-refractivity contribution in [1.29, 1.82) is 0 Å². The fourth-order valence-electron chi connectivity index (χ4n) is 3.64. The summed E-state index contributed by atoms with van der Waals surface area (Å²) in [7, 11) is 0. The summed E-state index contributed by atoms with van der Waals surface area (Å²) in [6, 6.07) is 5.27. The second-order valence-electron chi connectivity index (χ2n) is 7.34. The van der Waals surface area contributed by atoms with Crippen LogP contribution in [-0.4, -0.2) is 49.7 Å². The predicted octanol–water partition coefficient (Wildman–Crippen LogP) is 2.40.